The largest absolute Gasteiger partial charge is 0.485 e. The second kappa shape index (κ2) is 7.25. The maximum Gasteiger partial charge on any atom is 0.140 e. The zero-order valence-electron chi connectivity index (χ0n) is 10.9. The van der Waals surface area contributed by atoms with Crippen LogP contribution in [0.25, 0.3) is 0 Å². The van der Waals surface area contributed by atoms with Gasteiger partial charge < -0.3 is 9.47 Å². The third kappa shape index (κ3) is 3.70. The molecule has 6 heteroatoms. The van der Waals surface area contributed by atoms with Crippen LogP contribution < -0.4 is 4.74 Å². The smallest absolute Gasteiger partial charge is 0.140 e. The zero-order valence-corrected chi connectivity index (χ0v) is 12.5. The lowest BCUT2D eigenvalue weighted by Crippen LogP contribution is -1.97. The quantitative estimate of drug-likeness (QED) is 0.818. The van der Waals surface area contributed by atoms with E-state index in [-0.39, 0.29) is 0 Å². The Balaban J connectivity index is 2.08. The first-order valence-electron chi connectivity index (χ1n) is 5.95. The second-order valence-corrected chi connectivity index (χ2v) is 5.54. The normalized spacial score (nSPS) is 10.2. The van der Waals surface area contributed by atoms with E-state index in [1.54, 1.807) is 13.2 Å². The maximum atomic E-state index is 8.81. The van der Waals surface area contributed by atoms with Crippen LogP contribution in [-0.2, 0) is 24.4 Å². The highest BCUT2D eigenvalue weighted by Gasteiger charge is 2.11. The van der Waals surface area contributed by atoms with Crippen LogP contribution >= 0.6 is 22.9 Å². The number of benzene rings is 1. The van der Waals surface area contributed by atoms with Crippen molar-refractivity contribution >= 4 is 22.9 Å². The number of methoxy groups -OCH3 is 1. The number of thiazole rings is 1. The highest BCUT2D eigenvalue weighted by Crippen LogP contribution is 2.26. The Morgan fingerprint density at radius 3 is 2.85 bits per heavy atom. The van der Waals surface area contributed by atoms with E-state index in [9.17, 15) is 0 Å². The number of hydrogen-bond acceptors (Lipinski definition) is 5. The maximum absolute atomic E-state index is 8.81. The van der Waals surface area contributed by atoms with Crippen molar-refractivity contribution < 1.29 is 9.47 Å². The molecule has 4 nitrogen and oxygen atoms in total. The predicted molar refractivity (Wildman–Crippen MR) is 77.9 cm³/mol. The van der Waals surface area contributed by atoms with Crippen LogP contribution in [0.1, 0.15) is 15.6 Å². The molecule has 104 valence electrons. The predicted octanol–water partition coefficient (Wildman–Crippen LogP) is 3.59. The molecule has 0 unspecified atom stereocenters. The van der Waals surface area contributed by atoms with Gasteiger partial charge in [0.15, 0.2) is 0 Å². The van der Waals surface area contributed by atoms with E-state index in [4.69, 9.17) is 26.3 Å². The fraction of sp³-hybridized carbons (Fsp3) is 0.286. The molecule has 1 heterocycles. The van der Waals surface area contributed by atoms with E-state index < -0.39 is 0 Å². The van der Waals surface area contributed by atoms with Crippen molar-refractivity contribution in [2.75, 3.05) is 7.11 Å². The minimum Gasteiger partial charge on any atom is -0.485 e. The molecule has 0 saturated carbocycles. The number of nitriles is 1. The molecule has 20 heavy (non-hydrogen) atoms. The van der Waals surface area contributed by atoms with Gasteiger partial charge in [0.2, 0.25) is 0 Å². The minimum atomic E-state index is 0.330. The fourth-order valence-electron chi connectivity index (χ4n) is 1.66. The number of para-hydroxylation sites is 1. The molecule has 2 rings (SSSR count). The SMILES string of the molecule is COCc1nc(COc2ccccc2Cl)sc1CC#N. The molecule has 0 spiro atoms. The Kier molecular flexibility index (Phi) is 5.36. The van der Waals surface area contributed by atoms with Gasteiger partial charge in [0.1, 0.15) is 17.4 Å². The molecule has 0 aliphatic heterocycles. The number of hydrogen-bond donors (Lipinski definition) is 0. The molecule has 0 radical (unpaired) electrons. The van der Waals surface area contributed by atoms with Gasteiger partial charge in [0, 0.05) is 12.0 Å². The summed E-state index contributed by atoms with van der Waals surface area (Å²) in [5.74, 6) is 0.625. The third-order valence-corrected chi connectivity index (χ3v) is 3.91. The number of nitrogens with zero attached hydrogens (tertiary/aromatic N) is 2. The summed E-state index contributed by atoms with van der Waals surface area (Å²) >= 11 is 7.49. The first-order chi connectivity index (χ1) is 9.74. The van der Waals surface area contributed by atoms with Crippen molar-refractivity contribution in [3.8, 4) is 11.8 Å². The van der Waals surface area contributed by atoms with Crippen LogP contribution in [0, 0.1) is 11.3 Å². The Bertz CT molecular complexity index is 622. The second-order valence-electron chi connectivity index (χ2n) is 3.96. The van der Waals surface area contributed by atoms with Crippen LogP contribution in [0.3, 0.4) is 0 Å². The van der Waals surface area contributed by atoms with Crippen LogP contribution in [-0.4, -0.2) is 12.1 Å². The summed E-state index contributed by atoms with van der Waals surface area (Å²) in [5, 5.41) is 10.2. The molecule has 0 fully saturated rings. The van der Waals surface area contributed by atoms with Gasteiger partial charge in [0.25, 0.3) is 0 Å². The van der Waals surface area contributed by atoms with E-state index >= 15 is 0 Å². The Labute approximate surface area is 126 Å². The highest BCUT2D eigenvalue weighted by atomic mass is 35.5. The van der Waals surface area contributed by atoms with E-state index in [1.165, 1.54) is 11.3 Å². The first-order valence-corrected chi connectivity index (χ1v) is 7.14. The Morgan fingerprint density at radius 1 is 1.35 bits per heavy atom. The van der Waals surface area contributed by atoms with Crippen LogP contribution in [0.5, 0.6) is 5.75 Å². The van der Waals surface area contributed by atoms with Crippen molar-refractivity contribution in [3.05, 3.63) is 44.9 Å². The van der Waals surface area contributed by atoms with Gasteiger partial charge in [0.05, 0.1) is 29.8 Å². The van der Waals surface area contributed by atoms with Crippen molar-refractivity contribution in [2.24, 2.45) is 0 Å². The molecule has 0 atom stereocenters. The molecule has 2 aromatic rings. The molecule has 0 saturated heterocycles. The van der Waals surface area contributed by atoms with Crippen molar-refractivity contribution in [1.82, 2.24) is 4.98 Å². The summed E-state index contributed by atoms with van der Waals surface area (Å²) in [4.78, 5) is 5.36. The van der Waals surface area contributed by atoms with Gasteiger partial charge in [-0.1, -0.05) is 23.7 Å². The molecule has 0 bridgehead atoms. The van der Waals surface area contributed by atoms with Crippen LogP contribution in [0.2, 0.25) is 5.02 Å². The van der Waals surface area contributed by atoms with Gasteiger partial charge in [-0.2, -0.15) is 5.26 Å². The third-order valence-electron chi connectivity index (χ3n) is 2.53. The summed E-state index contributed by atoms with van der Waals surface area (Å²) in [6, 6.07) is 9.42. The van der Waals surface area contributed by atoms with Gasteiger partial charge in [-0.25, -0.2) is 4.98 Å². The van der Waals surface area contributed by atoms with Crippen LogP contribution in [0.15, 0.2) is 24.3 Å². The molecule has 0 aliphatic rings. The Hall–Kier alpha value is -1.61. The highest BCUT2D eigenvalue weighted by molar-refractivity contribution is 7.11. The van der Waals surface area contributed by atoms with Crippen molar-refractivity contribution in [2.45, 2.75) is 19.6 Å². The van der Waals surface area contributed by atoms with Crippen molar-refractivity contribution in [3.63, 3.8) is 0 Å². The minimum absolute atomic E-state index is 0.330. The molecular weight excluding hydrogens is 296 g/mol. The molecule has 1 aromatic carbocycles. The zero-order chi connectivity index (χ0) is 14.4. The van der Waals surface area contributed by atoms with E-state index in [2.05, 4.69) is 11.1 Å². The van der Waals surface area contributed by atoms with Crippen LogP contribution in [0.4, 0.5) is 0 Å². The summed E-state index contributed by atoms with van der Waals surface area (Å²) in [7, 11) is 1.61. The number of rotatable bonds is 6. The summed E-state index contributed by atoms with van der Waals surface area (Å²) in [6.45, 7) is 0.732. The molecule has 1 aromatic heterocycles. The lowest BCUT2D eigenvalue weighted by Gasteiger charge is -2.05. The Morgan fingerprint density at radius 2 is 2.15 bits per heavy atom. The number of halogens is 1. The van der Waals surface area contributed by atoms with Gasteiger partial charge in [-0.15, -0.1) is 11.3 Å². The average molecular weight is 309 g/mol. The molecular formula is C14H13ClN2O2S. The van der Waals surface area contributed by atoms with Crippen molar-refractivity contribution in [1.29, 1.82) is 5.26 Å². The fourth-order valence-corrected chi connectivity index (χ4v) is 2.77. The van der Waals surface area contributed by atoms with Gasteiger partial charge in [-0.05, 0) is 12.1 Å². The monoisotopic (exact) mass is 308 g/mol. The van der Waals surface area contributed by atoms with E-state index in [1.807, 2.05) is 18.2 Å². The molecule has 0 aliphatic carbocycles. The van der Waals surface area contributed by atoms with Gasteiger partial charge in [-0.3, -0.25) is 0 Å². The first kappa shape index (κ1) is 14.8. The summed E-state index contributed by atoms with van der Waals surface area (Å²) in [5.41, 5.74) is 0.803. The molecule has 0 N–H and O–H groups in total. The lowest BCUT2D eigenvalue weighted by atomic mass is 10.3. The van der Waals surface area contributed by atoms with Gasteiger partial charge >= 0.3 is 0 Å². The summed E-state index contributed by atoms with van der Waals surface area (Å²) in [6.07, 6.45) is 0.336. The molecule has 0 amide bonds. The van der Waals surface area contributed by atoms with E-state index in [0.29, 0.717) is 30.4 Å². The lowest BCUT2D eigenvalue weighted by molar-refractivity contribution is 0.181. The topological polar surface area (TPSA) is 55.1 Å². The number of aromatic nitrogens is 1. The average Bonchev–Trinajstić information content (AvgIpc) is 2.81. The van der Waals surface area contributed by atoms with E-state index in [0.717, 1.165) is 15.6 Å². The standard InChI is InChI=1S/C14H13ClN2O2S/c1-18-8-11-13(6-7-16)20-14(17-11)9-19-12-5-3-2-4-10(12)15/h2-5H,6,8-9H2,1H3. The summed E-state index contributed by atoms with van der Waals surface area (Å²) < 4.78 is 10.7. The number of ether oxygens (including phenoxy) is 2.